The monoisotopic (exact) mass is 309 g/mol. The van der Waals surface area contributed by atoms with Gasteiger partial charge in [0.2, 0.25) is 0 Å². The third kappa shape index (κ3) is 3.37. The van der Waals surface area contributed by atoms with Crippen molar-refractivity contribution < 1.29 is 8.42 Å². The average molecular weight is 309 g/mol. The first kappa shape index (κ1) is 15.8. The lowest BCUT2D eigenvalue weighted by atomic mass is 9.84. The summed E-state index contributed by atoms with van der Waals surface area (Å²) in [5.74, 6) is 0.258. The van der Waals surface area contributed by atoms with Crippen LogP contribution in [0.15, 0.2) is 23.2 Å². The quantitative estimate of drug-likeness (QED) is 0.658. The Balaban J connectivity index is 2.06. The standard InChI is InChI=1S/C15H23N3O2S/c1-11-5-6-13(9-12(11)2)18-14(16)17-10-15(7-4-8-15)21(3,19)20/h5-6,9H,4,7-8,10H2,1-3H3,(H3,16,17,18). The van der Waals surface area contributed by atoms with Gasteiger partial charge in [-0.15, -0.1) is 0 Å². The molecule has 0 radical (unpaired) electrons. The van der Waals surface area contributed by atoms with Crippen molar-refractivity contribution in [2.45, 2.75) is 37.9 Å². The molecule has 1 aliphatic rings. The van der Waals surface area contributed by atoms with Crippen LogP contribution in [-0.2, 0) is 9.84 Å². The van der Waals surface area contributed by atoms with Crippen LogP contribution < -0.4 is 11.1 Å². The van der Waals surface area contributed by atoms with E-state index in [0.717, 1.165) is 12.1 Å². The molecule has 1 fully saturated rings. The number of hydrogen-bond acceptors (Lipinski definition) is 3. The number of aryl methyl sites for hydroxylation is 2. The third-order valence-electron chi connectivity index (χ3n) is 4.37. The van der Waals surface area contributed by atoms with Crippen molar-refractivity contribution in [1.82, 2.24) is 0 Å². The highest BCUT2D eigenvalue weighted by Gasteiger charge is 2.46. The van der Waals surface area contributed by atoms with Crippen LogP contribution in [0.5, 0.6) is 0 Å². The zero-order valence-electron chi connectivity index (χ0n) is 12.8. The molecule has 0 atom stereocenters. The minimum atomic E-state index is -3.10. The highest BCUT2D eigenvalue weighted by atomic mass is 32.2. The Labute approximate surface area is 126 Å². The summed E-state index contributed by atoms with van der Waals surface area (Å²) >= 11 is 0. The second kappa shape index (κ2) is 5.67. The van der Waals surface area contributed by atoms with Crippen molar-refractivity contribution in [3.63, 3.8) is 0 Å². The second-order valence-corrected chi connectivity index (χ2v) is 8.34. The van der Waals surface area contributed by atoms with E-state index in [-0.39, 0.29) is 12.5 Å². The molecule has 0 unspecified atom stereocenters. The average Bonchev–Trinajstić information content (AvgIpc) is 2.30. The second-order valence-electron chi connectivity index (χ2n) is 5.93. The fourth-order valence-corrected chi connectivity index (χ4v) is 3.78. The summed E-state index contributed by atoms with van der Waals surface area (Å²) in [6.45, 7) is 4.30. The molecule has 116 valence electrons. The van der Waals surface area contributed by atoms with E-state index >= 15 is 0 Å². The van der Waals surface area contributed by atoms with Crippen molar-refractivity contribution in [1.29, 1.82) is 0 Å². The zero-order chi connectivity index (χ0) is 15.7. The maximum absolute atomic E-state index is 11.9. The van der Waals surface area contributed by atoms with E-state index in [1.54, 1.807) is 0 Å². The first-order valence-electron chi connectivity index (χ1n) is 7.07. The summed E-state index contributed by atoms with van der Waals surface area (Å²) in [6.07, 6.45) is 3.57. The predicted octanol–water partition coefficient (Wildman–Crippen LogP) is 2.00. The molecule has 0 aliphatic heterocycles. The van der Waals surface area contributed by atoms with Crippen LogP contribution in [0.25, 0.3) is 0 Å². The Morgan fingerprint density at radius 3 is 2.48 bits per heavy atom. The third-order valence-corrected chi connectivity index (χ3v) is 6.48. The lowest BCUT2D eigenvalue weighted by molar-refractivity contribution is 0.347. The van der Waals surface area contributed by atoms with Gasteiger partial charge in [0, 0.05) is 11.9 Å². The van der Waals surface area contributed by atoms with E-state index in [4.69, 9.17) is 5.73 Å². The van der Waals surface area contributed by atoms with Gasteiger partial charge in [-0.2, -0.15) is 0 Å². The van der Waals surface area contributed by atoms with E-state index in [2.05, 4.69) is 10.3 Å². The Morgan fingerprint density at radius 1 is 1.33 bits per heavy atom. The van der Waals surface area contributed by atoms with Crippen LogP contribution in [-0.4, -0.2) is 31.9 Å². The molecule has 3 N–H and O–H groups in total. The molecule has 0 spiro atoms. The summed E-state index contributed by atoms with van der Waals surface area (Å²) in [6, 6.07) is 5.93. The van der Waals surface area contributed by atoms with Gasteiger partial charge in [0.25, 0.3) is 0 Å². The highest BCUT2D eigenvalue weighted by Crippen LogP contribution is 2.39. The van der Waals surface area contributed by atoms with E-state index in [9.17, 15) is 8.42 Å². The number of nitrogens with zero attached hydrogens (tertiary/aromatic N) is 1. The number of aliphatic imine (C=N–C) groups is 1. The van der Waals surface area contributed by atoms with E-state index in [0.29, 0.717) is 12.8 Å². The smallest absolute Gasteiger partial charge is 0.193 e. The van der Waals surface area contributed by atoms with Gasteiger partial charge in [-0.3, -0.25) is 4.99 Å². The molecule has 0 amide bonds. The van der Waals surface area contributed by atoms with Gasteiger partial charge >= 0.3 is 0 Å². The zero-order valence-corrected chi connectivity index (χ0v) is 13.6. The summed E-state index contributed by atoms with van der Waals surface area (Å²) in [7, 11) is -3.10. The normalized spacial score (nSPS) is 18.1. The molecule has 0 saturated heterocycles. The predicted molar refractivity (Wildman–Crippen MR) is 87.5 cm³/mol. The fraction of sp³-hybridized carbons (Fsp3) is 0.533. The number of guanidine groups is 1. The van der Waals surface area contributed by atoms with Crippen LogP contribution in [0, 0.1) is 13.8 Å². The molecule has 5 nitrogen and oxygen atoms in total. The van der Waals surface area contributed by atoms with Crippen molar-refractivity contribution >= 4 is 21.5 Å². The van der Waals surface area contributed by atoms with Gasteiger partial charge in [-0.05, 0) is 49.9 Å². The van der Waals surface area contributed by atoms with Crippen LogP contribution in [0.1, 0.15) is 30.4 Å². The molecule has 1 aliphatic carbocycles. The molecule has 0 bridgehead atoms. The first-order valence-corrected chi connectivity index (χ1v) is 8.96. The summed E-state index contributed by atoms with van der Waals surface area (Å²) in [4.78, 5) is 4.24. The van der Waals surface area contributed by atoms with Crippen molar-refractivity contribution in [2.24, 2.45) is 10.7 Å². The van der Waals surface area contributed by atoms with Gasteiger partial charge in [0.1, 0.15) is 0 Å². The maximum atomic E-state index is 11.9. The minimum Gasteiger partial charge on any atom is -0.370 e. The summed E-state index contributed by atoms with van der Waals surface area (Å²) in [5.41, 5.74) is 9.11. The number of hydrogen-bond donors (Lipinski definition) is 2. The maximum Gasteiger partial charge on any atom is 0.193 e. The Morgan fingerprint density at radius 2 is 2.00 bits per heavy atom. The lowest BCUT2D eigenvalue weighted by Crippen LogP contribution is -2.48. The molecule has 0 heterocycles. The Hall–Kier alpha value is -1.56. The number of sulfone groups is 1. The molecule has 6 heteroatoms. The molecular formula is C15H23N3O2S. The van der Waals surface area contributed by atoms with Crippen LogP contribution in [0.3, 0.4) is 0 Å². The van der Waals surface area contributed by atoms with Gasteiger partial charge in [0.15, 0.2) is 15.8 Å². The van der Waals surface area contributed by atoms with Gasteiger partial charge < -0.3 is 11.1 Å². The fourth-order valence-electron chi connectivity index (χ4n) is 2.45. The molecular weight excluding hydrogens is 286 g/mol. The van der Waals surface area contributed by atoms with Crippen molar-refractivity contribution in [2.75, 3.05) is 18.1 Å². The molecule has 1 aromatic rings. The lowest BCUT2D eigenvalue weighted by Gasteiger charge is -2.38. The van der Waals surface area contributed by atoms with Gasteiger partial charge in [0.05, 0.1) is 11.3 Å². The molecule has 21 heavy (non-hydrogen) atoms. The van der Waals surface area contributed by atoms with Crippen LogP contribution >= 0.6 is 0 Å². The van der Waals surface area contributed by atoms with Gasteiger partial charge in [-0.25, -0.2) is 8.42 Å². The summed E-state index contributed by atoms with van der Waals surface area (Å²) < 4.78 is 23.0. The van der Waals surface area contributed by atoms with Crippen molar-refractivity contribution in [3.8, 4) is 0 Å². The Kier molecular flexibility index (Phi) is 4.27. The summed E-state index contributed by atoms with van der Waals surface area (Å²) in [5, 5.41) is 3.02. The van der Waals surface area contributed by atoms with E-state index < -0.39 is 14.6 Å². The number of rotatable bonds is 4. The van der Waals surface area contributed by atoms with E-state index in [1.165, 1.54) is 17.4 Å². The molecule has 1 aromatic carbocycles. The molecule has 2 rings (SSSR count). The first-order chi connectivity index (χ1) is 9.73. The number of benzene rings is 1. The largest absolute Gasteiger partial charge is 0.370 e. The van der Waals surface area contributed by atoms with E-state index in [1.807, 2.05) is 32.0 Å². The number of nitrogens with one attached hydrogen (secondary N) is 1. The Bertz CT molecular complexity index is 661. The van der Waals surface area contributed by atoms with Gasteiger partial charge in [-0.1, -0.05) is 12.5 Å². The number of nitrogens with two attached hydrogens (primary N) is 1. The van der Waals surface area contributed by atoms with Crippen LogP contribution in [0.4, 0.5) is 5.69 Å². The molecule has 0 aromatic heterocycles. The topological polar surface area (TPSA) is 84.5 Å². The van der Waals surface area contributed by atoms with Crippen LogP contribution in [0.2, 0.25) is 0 Å². The van der Waals surface area contributed by atoms with Crippen molar-refractivity contribution in [3.05, 3.63) is 29.3 Å². The number of anilines is 1. The minimum absolute atomic E-state index is 0.232. The highest BCUT2D eigenvalue weighted by molar-refractivity contribution is 7.92. The SMILES string of the molecule is Cc1ccc(NC(N)=NCC2(S(C)(=O)=O)CCC2)cc1C. The molecule has 1 saturated carbocycles.